The fourth-order valence-corrected chi connectivity index (χ4v) is 2.88. The van der Waals surface area contributed by atoms with Gasteiger partial charge in [-0.15, -0.1) is 0 Å². The minimum absolute atomic E-state index is 0.259. The van der Waals surface area contributed by atoms with Gasteiger partial charge in [-0.05, 0) is 31.7 Å². The number of hydrogen-bond donors (Lipinski definition) is 0. The highest BCUT2D eigenvalue weighted by Gasteiger charge is 2.27. The number of ether oxygens (including phenoxy) is 1. The summed E-state index contributed by atoms with van der Waals surface area (Å²) in [6.07, 6.45) is 0.833. The average molecular weight is 317 g/mol. The Bertz CT molecular complexity index is 709. The summed E-state index contributed by atoms with van der Waals surface area (Å²) in [7, 11) is 2.02. The van der Waals surface area contributed by atoms with Gasteiger partial charge in [0.15, 0.2) is 5.69 Å². The number of hydrogen-bond acceptors (Lipinski definition) is 4. The molecule has 1 aliphatic rings. The number of carbonyl (C=O) groups excluding carboxylic acids is 1. The van der Waals surface area contributed by atoms with Gasteiger partial charge in [-0.3, -0.25) is 4.68 Å². The van der Waals surface area contributed by atoms with E-state index in [-0.39, 0.29) is 11.8 Å². The van der Waals surface area contributed by atoms with Crippen LogP contribution < -0.4 is 0 Å². The molecular formula is C17H20FN3O2. The van der Waals surface area contributed by atoms with Gasteiger partial charge in [-0.1, -0.05) is 12.1 Å². The first-order chi connectivity index (χ1) is 11.1. The summed E-state index contributed by atoms with van der Waals surface area (Å²) in [5.41, 5.74) is 3.36. The molecule has 0 saturated carbocycles. The average Bonchev–Trinajstić information content (AvgIpc) is 2.88. The number of aromatic nitrogens is 2. The van der Waals surface area contributed by atoms with E-state index in [2.05, 4.69) is 10.00 Å². The van der Waals surface area contributed by atoms with E-state index in [4.69, 9.17) is 4.74 Å². The van der Waals surface area contributed by atoms with Crippen molar-refractivity contribution in [3.8, 4) is 0 Å². The van der Waals surface area contributed by atoms with Crippen molar-refractivity contribution in [1.82, 2.24) is 14.7 Å². The molecule has 5 nitrogen and oxygen atoms in total. The fourth-order valence-electron chi connectivity index (χ4n) is 2.88. The third-order valence-electron chi connectivity index (χ3n) is 4.04. The SMILES string of the molecule is CCOC(=O)c1nn(Cc2ccc(F)cc2)c2c1CN(C)CC2. The van der Waals surface area contributed by atoms with Crippen LogP contribution >= 0.6 is 0 Å². The number of rotatable bonds is 4. The van der Waals surface area contributed by atoms with E-state index in [1.54, 1.807) is 19.1 Å². The Hall–Kier alpha value is -2.21. The molecule has 2 heterocycles. The molecule has 1 aliphatic heterocycles. The lowest BCUT2D eigenvalue weighted by molar-refractivity contribution is 0.0516. The van der Waals surface area contributed by atoms with Crippen LogP contribution in [0.2, 0.25) is 0 Å². The molecular weight excluding hydrogens is 297 g/mol. The lowest BCUT2D eigenvalue weighted by atomic mass is 10.1. The number of likely N-dealkylation sites (N-methyl/N-ethyl adjacent to an activating group) is 1. The molecule has 23 heavy (non-hydrogen) atoms. The summed E-state index contributed by atoms with van der Waals surface area (Å²) < 4.78 is 20.0. The largest absolute Gasteiger partial charge is 0.461 e. The fraction of sp³-hybridized carbons (Fsp3) is 0.412. The van der Waals surface area contributed by atoms with Gasteiger partial charge >= 0.3 is 5.97 Å². The topological polar surface area (TPSA) is 47.4 Å². The van der Waals surface area contributed by atoms with Crippen LogP contribution in [0.3, 0.4) is 0 Å². The van der Waals surface area contributed by atoms with Crippen LogP contribution in [0.5, 0.6) is 0 Å². The van der Waals surface area contributed by atoms with Crippen LogP contribution in [0, 0.1) is 5.82 Å². The molecule has 0 amide bonds. The van der Waals surface area contributed by atoms with E-state index in [9.17, 15) is 9.18 Å². The number of esters is 1. The zero-order valence-electron chi connectivity index (χ0n) is 13.4. The minimum atomic E-state index is -0.378. The summed E-state index contributed by atoms with van der Waals surface area (Å²) in [5, 5.41) is 4.48. The van der Waals surface area contributed by atoms with E-state index < -0.39 is 0 Å². The Balaban J connectivity index is 1.95. The van der Waals surface area contributed by atoms with Gasteiger partial charge in [0.2, 0.25) is 0 Å². The molecule has 6 heteroatoms. The maximum atomic E-state index is 13.0. The van der Waals surface area contributed by atoms with Crippen LogP contribution in [0.25, 0.3) is 0 Å². The van der Waals surface area contributed by atoms with E-state index in [1.807, 2.05) is 11.7 Å². The monoisotopic (exact) mass is 317 g/mol. The van der Waals surface area contributed by atoms with E-state index in [0.29, 0.717) is 25.4 Å². The maximum Gasteiger partial charge on any atom is 0.359 e. The van der Waals surface area contributed by atoms with Gasteiger partial charge in [0.1, 0.15) is 5.82 Å². The van der Waals surface area contributed by atoms with Crippen molar-refractivity contribution in [3.63, 3.8) is 0 Å². The van der Waals surface area contributed by atoms with Gasteiger partial charge in [0.25, 0.3) is 0 Å². The molecule has 1 aromatic carbocycles. The van der Waals surface area contributed by atoms with Crippen LogP contribution in [0.4, 0.5) is 4.39 Å². The molecule has 3 rings (SSSR count). The molecule has 0 radical (unpaired) electrons. The van der Waals surface area contributed by atoms with Crippen molar-refractivity contribution < 1.29 is 13.9 Å². The molecule has 0 unspecified atom stereocenters. The smallest absolute Gasteiger partial charge is 0.359 e. The van der Waals surface area contributed by atoms with Crippen LogP contribution in [-0.4, -0.2) is 40.8 Å². The number of fused-ring (bicyclic) bond motifs is 1. The van der Waals surface area contributed by atoms with E-state index in [1.165, 1.54) is 12.1 Å². The number of benzene rings is 1. The lowest BCUT2D eigenvalue weighted by Gasteiger charge is -2.23. The van der Waals surface area contributed by atoms with Crippen molar-refractivity contribution in [2.75, 3.05) is 20.2 Å². The highest BCUT2D eigenvalue weighted by atomic mass is 19.1. The van der Waals surface area contributed by atoms with Crippen molar-refractivity contribution in [1.29, 1.82) is 0 Å². The normalized spacial score (nSPS) is 14.6. The molecule has 0 bridgehead atoms. The quantitative estimate of drug-likeness (QED) is 0.812. The first-order valence-electron chi connectivity index (χ1n) is 7.77. The summed E-state index contributed by atoms with van der Waals surface area (Å²) in [6.45, 7) is 4.24. The zero-order chi connectivity index (χ0) is 16.4. The summed E-state index contributed by atoms with van der Waals surface area (Å²) in [4.78, 5) is 14.3. The highest BCUT2D eigenvalue weighted by Crippen LogP contribution is 2.23. The zero-order valence-corrected chi connectivity index (χ0v) is 13.4. The second kappa shape index (κ2) is 6.50. The van der Waals surface area contributed by atoms with Crippen molar-refractivity contribution >= 4 is 5.97 Å². The van der Waals surface area contributed by atoms with Gasteiger partial charge in [0, 0.05) is 30.8 Å². The standard InChI is InChI=1S/C17H20FN3O2/c1-3-23-17(22)16-14-11-20(2)9-8-15(14)21(19-16)10-12-4-6-13(18)7-5-12/h4-7H,3,8-11H2,1-2H3. The summed E-state index contributed by atoms with van der Waals surface area (Å²) >= 11 is 0. The Kier molecular flexibility index (Phi) is 4.43. The lowest BCUT2D eigenvalue weighted by Crippen LogP contribution is -2.28. The Morgan fingerprint density at radius 1 is 1.35 bits per heavy atom. The number of nitrogens with zero attached hydrogens (tertiary/aromatic N) is 3. The molecule has 0 spiro atoms. The van der Waals surface area contributed by atoms with Crippen molar-refractivity contribution in [2.24, 2.45) is 0 Å². The summed E-state index contributed by atoms with van der Waals surface area (Å²) in [5.74, 6) is -0.637. The molecule has 0 aliphatic carbocycles. The predicted octanol–water partition coefficient (Wildman–Crippen LogP) is 2.24. The Labute approximate surface area is 134 Å². The second-order valence-corrected chi connectivity index (χ2v) is 5.77. The first kappa shape index (κ1) is 15.7. The molecule has 122 valence electrons. The molecule has 0 saturated heterocycles. The van der Waals surface area contributed by atoms with Crippen molar-refractivity contribution in [3.05, 3.63) is 52.6 Å². The molecule has 1 aromatic heterocycles. The van der Waals surface area contributed by atoms with Crippen LogP contribution in [0.15, 0.2) is 24.3 Å². The third kappa shape index (κ3) is 3.27. The molecule has 0 atom stereocenters. The number of halogens is 1. The van der Waals surface area contributed by atoms with Gasteiger partial charge in [-0.2, -0.15) is 5.10 Å². The minimum Gasteiger partial charge on any atom is -0.461 e. The summed E-state index contributed by atoms with van der Waals surface area (Å²) in [6, 6.07) is 6.35. The van der Waals surface area contributed by atoms with Gasteiger partial charge < -0.3 is 9.64 Å². The van der Waals surface area contributed by atoms with Crippen LogP contribution in [0.1, 0.15) is 34.2 Å². The Morgan fingerprint density at radius 3 is 2.78 bits per heavy atom. The third-order valence-corrected chi connectivity index (χ3v) is 4.04. The number of carbonyl (C=O) groups is 1. The molecule has 0 fully saturated rings. The highest BCUT2D eigenvalue weighted by molar-refractivity contribution is 5.89. The predicted molar refractivity (Wildman–Crippen MR) is 83.7 cm³/mol. The molecule has 0 N–H and O–H groups in total. The van der Waals surface area contributed by atoms with Gasteiger partial charge in [0.05, 0.1) is 13.2 Å². The van der Waals surface area contributed by atoms with E-state index >= 15 is 0 Å². The van der Waals surface area contributed by atoms with Crippen molar-refractivity contribution in [2.45, 2.75) is 26.4 Å². The van der Waals surface area contributed by atoms with Crippen LogP contribution in [-0.2, 0) is 24.2 Å². The maximum absolute atomic E-state index is 13.0. The Morgan fingerprint density at radius 2 is 2.09 bits per heavy atom. The second-order valence-electron chi connectivity index (χ2n) is 5.77. The van der Waals surface area contributed by atoms with E-state index in [0.717, 1.165) is 29.8 Å². The van der Waals surface area contributed by atoms with Gasteiger partial charge in [-0.25, -0.2) is 9.18 Å². The first-order valence-corrected chi connectivity index (χ1v) is 7.77. The molecule has 2 aromatic rings.